The highest BCUT2D eigenvalue weighted by molar-refractivity contribution is 5.99. The monoisotopic (exact) mass is 525 g/mol. The largest absolute Gasteiger partial charge is 0.478 e. The van der Waals surface area contributed by atoms with Gasteiger partial charge in [-0.1, -0.05) is 74.5 Å². The molecule has 1 aliphatic rings. The topological polar surface area (TPSA) is 108 Å². The SMILES string of the molecule is CC(=Cc1ccccc1NC(=O)C(c1ccc(CN2N=C(c3ccccc3)OCC2=O)cc1)C(C)C)C(=O)O. The Labute approximate surface area is 227 Å². The van der Waals surface area contributed by atoms with Gasteiger partial charge in [-0.05, 0) is 53.8 Å². The van der Waals surface area contributed by atoms with E-state index in [2.05, 4.69) is 10.4 Å². The summed E-state index contributed by atoms with van der Waals surface area (Å²) >= 11 is 0. The highest BCUT2D eigenvalue weighted by Crippen LogP contribution is 2.28. The van der Waals surface area contributed by atoms with E-state index >= 15 is 0 Å². The number of amides is 2. The number of carboxylic acids is 1. The number of carbonyl (C=O) groups is 3. The van der Waals surface area contributed by atoms with Gasteiger partial charge in [-0.3, -0.25) is 9.59 Å². The molecule has 0 aliphatic carbocycles. The first-order valence-electron chi connectivity index (χ1n) is 12.7. The van der Waals surface area contributed by atoms with Crippen molar-refractivity contribution < 1.29 is 24.2 Å². The van der Waals surface area contributed by atoms with Crippen molar-refractivity contribution in [2.45, 2.75) is 33.2 Å². The minimum absolute atomic E-state index is 0.00170. The number of carbonyl (C=O) groups excluding carboxylic acids is 2. The summed E-state index contributed by atoms with van der Waals surface area (Å²) in [4.78, 5) is 37.1. The highest BCUT2D eigenvalue weighted by atomic mass is 16.5. The number of hydrogen-bond acceptors (Lipinski definition) is 5. The predicted molar refractivity (Wildman–Crippen MR) is 150 cm³/mol. The van der Waals surface area contributed by atoms with Crippen LogP contribution in [-0.2, 0) is 25.7 Å². The van der Waals surface area contributed by atoms with Crippen LogP contribution in [0.2, 0.25) is 0 Å². The molecule has 3 aromatic rings. The number of ether oxygens (including phenoxy) is 1. The van der Waals surface area contributed by atoms with Crippen LogP contribution in [0.5, 0.6) is 0 Å². The second-order valence-corrected chi connectivity index (χ2v) is 9.68. The van der Waals surface area contributed by atoms with Crippen molar-refractivity contribution in [1.29, 1.82) is 0 Å². The lowest BCUT2D eigenvalue weighted by atomic mass is 9.87. The van der Waals surface area contributed by atoms with Gasteiger partial charge in [0.15, 0.2) is 6.61 Å². The van der Waals surface area contributed by atoms with E-state index in [0.29, 0.717) is 17.1 Å². The van der Waals surface area contributed by atoms with Crippen molar-refractivity contribution in [2.75, 3.05) is 11.9 Å². The molecule has 0 fully saturated rings. The van der Waals surface area contributed by atoms with Gasteiger partial charge in [0.1, 0.15) is 0 Å². The maximum Gasteiger partial charge on any atom is 0.331 e. The van der Waals surface area contributed by atoms with Crippen LogP contribution in [0.1, 0.15) is 48.9 Å². The molecule has 39 heavy (non-hydrogen) atoms. The van der Waals surface area contributed by atoms with Crippen LogP contribution >= 0.6 is 0 Å². The molecule has 0 spiro atoms. The summed E-state index contributed by atoms with van der Waals surface area (Å²) in [7, 11) is 0. The van der Waals surface area contributed by atoms with Crippen LogP contribution in [-0.4, -0.2) is 40.4 Å². The standard InChI is InChI=1S/C31H31N3O5/c1-20(2)28(29(36)32-26-12-8-7-11-25(26)17-21(3)31(37)38)23-15-13-22(14-16-23)18-34-27(35)19-39-30(33-34)24-9-5-4-6-10-24/h4-17,20,28H,18-19H2,1-3H3,(H,32,36)(H,37,38). The summed E-state index contributed by atoms with van der Waals surface area (Å²) < 4.78 is 5.52. The van der Waals surface area contributed by atoms with Crippen LogP contribution in [0.15, 0.2) is 89.5 Å². The Bertz CT molecular complexity index is 1410. The van der Waals surface area contributed by atoms with Crippen LogP contribution in [0.3, 0.4) is 0 Å². The number of anilines is 1. The maximum atomic E-state index is 13.4. The molecule has 0 bridgehead atoms. The first kappa shape index (κ1) is 27.3. The number of benzene rings is 3. The zero-order valence-electron chi connectivity index (χ0n) is 22.1. The fourth-order valence-corrected chi connectivity index (χ4v) is 4.33. The van der Waals surface area contributed by atoms with Crippen molar-refractivity contribution in [3.8, 4) is 0 Å². The molecule has 1 aliphatic heterocycles. The van der Waals surface area contributed by atoms with E-state index in [-0.39, 0.29) is 36.5 Å². The summed E-state index contributed by atoms with van der Waals surface area (Å²) in [5.41, 5.74) is 3.84. The average molecular weight is 526 g/mol. The van der Waals surface area contributed by atoms with E-state index in [1.807, 2.05) is 68.4 Å². The van der Waals surface area contributed by atoms with Crippen molar-refractivity contribution in [3.05, 3.63) is 107 Å². The highest BCUT2D eigenvalue weighted by Gasteiger charge is 2.26. The molecule has 0 radical (unpaired) electrons. The second-order valence-electron chi connectivity index (χ2n) is 9.68. The predicted octanol–water partition coefficient (Wildman–Crippen LogP) is 5.27. The van der Waals surface area contributed by atoms with Gasteiger partial charge in [0.2, 0.25) is 11.8 Å². The first-order chi connectivity index (χ1) is 18.7. The molecule has 0 aromatic heterocycles. The first-order valence-corrected chi connectivity index (χ1v) is 12.7. The summed E-state index contributed by atoms with van der Waals surface area (Å²) in [6, 6.07) is 24.1. The van der Waals surface area contributed by atoms with E-state index in [0.717, 1.165) is 16.7 Å². The smallest absolute Gasteiger partial charge is 0.331 e. The van der Waals surface area contributed by atoms with Gasteiger partial charge < -0.3 is 15.2 Å². The molecule has 8 nitrogen and oxygen atoms in total. The number of hydrazone groups is 1. The molecule has 3 aromatic carbocycles. The van der Waals surface area contributed by atoms with Crippen LogP contribution in [0, 0.1) is 5.92 Å². The lowest BCUT2D eigenvalue weighted by molar-refractivity contribution is -0.136. The Kier molecular flexibility index (Phi) is 8.56. The molecular formula is C31H31N3O5. The minimum Gasteiger partial charge on any atom is -0.478 e. The Morgan fingerprint density at radius 1 is 1.03 bits per heavy atom. The molecular weight excluding hydrogens is 494 g/mol. The summed E-state index contributed by atoms with van der Waals surface area (Å²) in [6.45, 7) is 5.66. The average Bonchev–Trinajstić information content (AvgIpc) is 2.92. The minimum atomic E-state index is -1.02. The van der Waals surface area contributed by atoms with Crippen LogP contribution in [0.4, 0.5) is 5.69 Å². The molecule has 1 unspecified atom stereocenters. The molecule has 4 rings (SSSR count). The van der Waals surface area contributed by atoms with E-state index < -0.39 is 11.9 Å². The van der Waals surface area contributed by atoms with E-state index in [4.69, 9.17) is 4.74 Å². The Balaban J connectivity index is 1.51. The third-order valence-electron chi connectivity index (χ3n) is 6.40. The zero-order chi connectivity index (χ0) is 27.9. The molecule has 1 atom stereocenters. The number of rotatable bonds is 9. The number of aliphatic carboxylic acids is 1. The third-order valence-corrected chi connectivity index (χ3v) is 6.40. The van der Waals surface area contributed by atoms with E-state index in [1.54, 1.807) is 24.3 Å². The molecule has 2 amide bonds. The van der Waals surface area contributed by atoms with E-state index in [9.17, 15) is 19.5 Å². The Morgan fingerprint density at radius 3 is 2.36 bits per heavy atom. The number of nitrogens with zero attached hydrogens (tertiary/aromatic N) is 2. The van der Waals surface area contributed by atoms with Crippen molar-refractivity contribution in [3.63, 3.8) is 0 Å². The maximum absolute atomic E-state index is 13.4. The summed E-state index contributed by atoms with van der Waals surface area (Å²) in [6.07, 6.45) is 1.54. The van der Waals surface area contributed by atoms with Gasteiger partial charge in [-0.15, -0.1) is 5.10 Å². The number of hydrogen-bond donors (Lipinski definition) is 2. The van der Waals surface area contributed by atoms with Crippen molar-refractivity contribution >= 4 is 35.4 Å². The van der Waals surface area contributed by atoms with Gasteiger partial charge in [-0.2, -0.15) is 0 Å². The number of nitrogens with one attached hydrogen (secondary N) is 1. The van der Waals surface area contributed by atoms with E-state index in [1.165, 1.54) is 18.0 Å². The van der Waals surface area contributed by atoms with Crippen molar-refractivity contribution in [1.82, 2.24) is 5.01 Å². The van der Waals surface area contributed by atoms with Gasteiger partial charge in [0.25, 0.3) is 5.91 Å². The lowest BCUT2D eigenvalue weighted by Gasteiger charge is -2.24. The zero-order valence-corrected chi connectivity index (χ0v) is 22.1. The molecule has 200 valence electrons. The number of carboxylic acid groups (broad SMARTS) is 1. The molecule has 0 saturated carbocycles. The van der Waals surface area contributed by atoms with Crippen molar-refractivity contribution in [2.24, 2.45) is 11.0 Å². The van der Waals surface area contributed by atoms with Gasteiger partial charge >= 0.3 is 5.97 Å². The Hall–Kier alpha value is -4.72. The fraction of sp³-hybridized carbons (Fsp3) is 0.226. The summed E-state index contributed by atoms with van der Waals surface area (Å²) in [5.74, 6) is -1.48. The molecule has 0 saturated heterocycles. The number of para-hydroxylation sites is 1. The Morgan fingerprint density at radius 2 is 1.69 bits per heavy atom. The van der Waals surface area contributed by atoms with Gasteiger partial charge in [-0.25, -0.2) is 9.80 Å². The quantitative estimate of drug-likeness (QED) is 0.370. The second kappa shape index (κ2) is 12.2. The molecule has 8 heteroatoms. The molecule has 2 N–H and O–H groups in total. The lowest BCUT2D eigenvalue weighted by Crippen LogP contribution is -2.36. The van der Waals surface area contributed by atoms with Gasteiger partial charge in [0, 0.05) is 16.8 Å². The fourth-order valence-electron chi connectivity index (χ4n) is 4.33. The normalized spacial score (nSPS) is 14.5. The van der Waals surface area contributed by atoms with Crippen LogP contribution < -0.4 is 5.32 Å². The summed E-state index contributed by atoms with van der Waals surface area (Å²) in [5, 5.41) is 18.0. The van der Waals surface area contributed by atoms with Crippen LogP contribution in [0.25, 0.3) is 6.08 Å². The van der Waals surface area contributed by atoms with Gasteiger partial charge in [0.05, 0.1) is 12.5 Å². The third kappa shape index (κ3) is 6.78. The molecule has 1 heterocycles.